The lowest BCUT2D eigenvalue weighted by Gasteiger charge is -2.21. The number of anilines is 2. The maximum atomic E-state index is 12.6. The van der Waals surface area contributed by atoms with Crippen LogP contribution in [0, 0.1) is 0 Å². The Morgan fingerprint density at radius 1 is 1.06 bits per heavy atom. The number of carbonyl (C=O) groups excluding carboxylic acids is 3. The van der Waals surface area contributed by atoms with Crippen molar-refractivity contribution in [1.29, 1.82) is 0 Å². The molecule has 0 saturated heterocycles. The third-order valence-corrected chi connectivity index (χ3v) is 5.00. The topological polar surface area (TPSA) is 124 Å². The third kappa shape index (κ3) is 7.47. The number of esters is 1. The van der Waals surface area contributed by atoms with Crippen LogP contribution in [0.4, 0.5) is 11.4 Å². The van der Waals surface area contributed by atoms with Crippen LogP contribution in [-0.2, 0) is 19.1 Å². The number of aromatic hydroxyl groups is 1. The summed E-state index contributed by atoms with van der Waals surface area (Å²) in [5.74, 6) is -1.15. The number of nitrogens with one attached hydrogen (secondary N) is 1. The van der Waals surface area contributed by atoms with E-state index in [2.05, 4.69) is 5.32 Å². The summed E-state index contributed by atoms with van der Waals surface area (Å²) >= 11 is 0. The first-order valence-electron chi connectivity index (χ1n) is 11.3. The molecular weight excluding hydrogens is 468 g/mol. The highest BCUT2D eigenvalue weighted by atomic mass is 16.5. The van der Waals surface area contributed by atoms with Crippen molar-refractivity contribution in [3.05, 3.63) is 47.5 Å². The Morgan fingerprint density at radius 2 is 1.72 bits per heavy atom. The lowest BCUT2D eigenvalue weighted by Crippen LogP contribution is -2.31. The number of hydrogen-bond donors (Lipinski definition) is 2. The highest BCUT2D eigenvalue weighted by molar-refractivity contribution is 6.06. The second-order valence-corrected chi connectivity index (χ2v) is 7.55. The lowest BCUT2D eigenvalue weighted by atomic mass is 10.1. The minimum Gasteiger partial charge on any atom is -0.502 e. The summed E-state index contributed by atoms with van der Waals surface area (Å²) in [6.07, 6.45) is 3.58. The first-order chi connectivity index (χ1) is 17.2. The second kappa shape index (κ2) is 13.7. The molecule has 2 aromatic rings. The van der Waals surface area contributed by atoms with Crippen molar-refractivity contribution in [1.82, 2.24) is 0 Å². The first kappa shape index (κ1) is 28.2. The van der Waals surface area contributed by atoms with Crippen LogP contribution in [0.5, 0.6) is 17.2 Å². The number of benzene rings is 2. The fourth-order valence-electron chi connectivity index (χ4n) is 3.17. The smallest absolute Gasteiger partial charge is 0.340 e. The lowest BCUT2D eigenvalue weighted by molar-refractivity contribution is -0.122. The molecule has 0 aromatic heterocycles. The predicted molar refractivity (Wildman–Crippen MR) is 136 cm³/mol. The van der Waals surface area contributed by atoms with E-state index in [1.54, 1.807) is 25.1 Å². The molecular formula is C26H32N2O8. The van der Waals surface area contributed by atoms with Gasteiger partial charge in [0.05, 0.1) is 32.1 Å². The van der Waals surface area contributed by atoms with Gasteiger partial charge in [-0.3, -0.25) is 9.59 Å². The average molecular weight is 501 g/mol. The molecule has 2 rings (SSSR count). The van der Waals surface area contributed by atoms with E-state index in [1.165, 1.54) is 50.5 Å². The van der Waals surface area contributed by atoms with Gasteiger partial charge in [0.1, 0.15) is 6.61 Å². The number of phenolic OH excluding ortho intramolecular Hbond substituents is 1. The molecule has 2 aromatic carbocycles. The van der Waals surface area contributed by atoms with Gasteiger partial charge in [-0.15, -0.1) is 0 Å². The first-order valence-corrected chi connectivity index (χ1v) is 11.3. The molecule has 2 amide bonds. The second-order valence-electron chi connectivity index (χ2n) is 7.55. The summed E-state index contributed by atoms with van der Waals surface area (Å²) in [6, 6.07) is 7.64. The van der Waals surface area contributed by atoms with Crippen LogP contribution in [0.3, 0.4) is 0 Å². The van der Waals surface area contributed by atoms with Gasteiger partial charge in [0.15, 0.2) is 11.5 Å². The number of carbonyl (C=O) groups is 3. The summed E-state index contributed by atoms with van der Waals surface area (Å²) < 4.78 is 20.7. The number of methoxy groups -OCH3 is 2. The van der Waals surface area contributed by atoms with Gasteiger partial charge in [-0.2, -0.15) is 0 Å². The van der Waals surface area contributed by atoms with Gasteiger partial charge in [0, 0.05) is 25.4 Å². The van der Waals surface area contributed by atoms with Gasteiger partial charge in [-0.25, -0.2) is 4.79 Å². The maximum absolute atomic E-state index is 12.6. The van der Waals surface area contributed by atoms with Crippen molar-refractivity contribution in [2.45, 2.75) is 20.3 Å². The number of phenols is 1. The number of amides is 2. The van der Waals surface area contributed by atoms with E-state index < -0.39 is 11.9 Å². The summed E-state index contributed by atoms with van der Waals surface area (Å²) in [6.45, 7) is 4.08. The molecule has 2 N–H and O–H groups in total. The van der Waals surface area contributed by atoms with E-state index in [9.17, 15) is 19.5 Å². The monoisotopic (exact) mass is 500 g/mol. The number of likely N-dealkylation sites (N-methyl/N-ethyl adjacent to an activating group) is 1. The number of nitrogens with zero attached hydrogens (tertiary/aromatic N) is 1. The zero-order valence-electron chi connectivity index (χ0n) is 21.1. The van der Waals surface area contributed by atoms with Crippen molar-refractivity contribution < 1.29 is 38.4 Å². The van der Waals surface area contributed by atoms with Crippen molar-refractivity contribution >= 4 is 35.2 Å². The van der Waals surface area contributed by atoms with E-state index in [1.807, 2.05) is 6.92 Å². The normalized spacial score (nSPS) is 10.7. The van der Waals surface area contributed by atoms with Crippen LogP contribution in [0.25, 0.3) is 6.08 Å². The van der Waals surface area contributed by atoms with Gasteiger partial charge in [0.25, 0.3) is 5.91 Å². The summed E-state index contributed by atoms with van der Waals surface area (Å²) in [4.78, 5) is 38.9. The molecule has 0 spiro atoms. The summed E-state index contributed by atoms with van der Waals surface area (Å²) in [5, 5.41) is 12.7. The van der Waals surface area contributed by atoms with Crippen molar-refractivity contribution in [3.8, 4) is 17.2 Å². The Labute approximate surface area is 210 Å². The van der Waals surface area contributed by atoms with E-state index in [4.69, 9.17) is 18.9 Å². The highest BCUT2D eigenvalue weighted by Crippen LogP contribution is 2.37. The molecule has 0 unspecified atom stereocenters. The predicted octanol–water partition coefficient (Wildman–Crippen LogP) is 3.63. The molecule has 10 nitrogen and oxygen atoms in total. The molecule has 194 valence electrons. The minimum atomic E-state index is -0.588. The maximum Gasteiger partial charge on any atom is 0.340 e. The highest BCUT2D eigenvalue weighted by Gasteiger charge is 2.21. The minimum absolute atomic E-state index is 0.144. The number of hydrogen-bond acceptors (Lipinski definition) is 8. The number of ether oxygens (including phenoxy) is 4. The van der Waals surface area contributed by atoms with Gasteiger partial charge in [0.2, 0.25) is 11.7 Å². The average Bonchev–Trinajstić information content (AvgIpc) is 2.87. The third-order valence-electron chi connectivity index (χ3n) is 5.00. The molecule has 0 aliphatic carbocycles. The van der Waals surface area contributed by atoms with E-state index in [0.29, 0.717) is 17.9 Å². The van der Waals surface area contributed by atoms with Crippen LogP contribution in [0.1, 0.15) is 36.2 Å². The van der Waals surface area contributed by atoms with Crippen LogP contribution in [0.15, 0.2) is 36.4 Å². The molecule has 0 saturated carbocycles. The van der Waals surface area contributed by atoms with Gasteiger partial charge >= 0.3 is 5.97 Å². The van der Waals surface area contributed by atoms with Gasteiger partial charge in [-0.1, -0.05) is 6.92 Å². The van der Waals surface area contributed by atoms with Crippen LogP contribution >= 0.6 is 0 Å². The number of rotatable bonds is 12. The van der Waals surface area contributed by atoms with E-state index in [-0.39, 0.29) is 47.6 Å². The molecule has 36 heavy (non-hydrogen) atoms. The SMILES string of the molecule is CCCOCC(=O)N(C)c1cc(NC(=O)/C=C/c2cc(OC)c(O)c(OC)c2)ccc1C(=O)OCC. The Morgan fingerprint density at radius 3 is 2.31 bits per heavy atom. The van der Waals surface area contributed by atoms with E-state index in [0.717, 1.165) is 6.42 Å². The Bertz CT molecular complexity index is 1090. The molecule has 0 radical (unpaired) electrons. The van der Waals surface area contributed by atoms with Crippen molar-refractivity contribution in [2.75, 3.05) is 51.3 Å². The zero-order chi connectivity index (χ0) is 26.7. The van der Waals surface area contributed by atoms with Gasteiger partial charge < -0.3 is 34.3 Å². The van der Waals surface area contributed by atoms with Crippen LogP contribution in [-0.4, -0.2) is 64.0 Å². The molecule has 0 heterocycles. The largest absolute Gasteiger partial charge is 0.502 e. The Hall–Kier alpha value is -4.05. The molecule has 0 aliphatic heterocycles. The zero-order valence-corrected chi connectivity index (χ0v) is 21.1. The van der Waals surface area contributed by atoms with Crippen molar-refractivity contribution in [3.63, 3.8) is 0 Å². The van der Waals surface area contributed by atoms with E-state index >= 15 is 0 Å². The standard InChI is InChI=1S/C26H32N2O8/c1-6-12-35-16-24(30)28(3)20-15-18(9-10-19(20)26(32)36-7-2)27-23(29)11-8-17-13-21(33-4)25(31)22(14-17)34-5/h8-11,13-15,31H,6-7,12,16H2,1-5H3,(H,27,29)/b11-8+. The Balaban J connectivity index is 2.27. The molecule has 0 fully saturated rings. The fraction of sp³-hybridized carbons (Fsp3) is 0.346. The summed E-state index contributed by atoms with van der Waals surface area (Å²) in [7, 11) is 4.33. The fourth-order valence-corrected chi connectivity index (χ4v) is 3.17. The molecule has 10 heteroatoms. The quantitative estimate of drug-likeness (QED) is 0.257. The van der Waals surface area contributed by atoms with Crippen LogP contribution < -0.4 is 19.7 Å². The molecule has 0 atom stereocenters. The molecule has 0 bridgehead atoms. The summed E-state index contributed by atoms with van der Waals surface area (Å²) in [5.41, 5.74) is 1.38. The van der Waals surface area contributed by atoms with Crippen LogP contribution in [0.2, 0.25) is 0 Å². The van der Waals surface area contributed by atoms with Gasteiger partial charge in [-0.05, 0) is 55.3 Å². The van der Waals surface area contributed by atoms with Crippen molar-refractivity contribution in [2.24, 2.45) is 0 Å². The molecule has 0 aliphatic rings. The Kier molecular flexibility index (Phi) is 10.8.